The molecule has 0 saturated carbocycles. The maximum atomic E-state index is 14.1. The first-order chi connectivity index (χ1) is 15.3. The lowest BCUT2D eigenvalue weighted by molar-refractivity contribution is 0.0718. The fourth-order valence-electron chi connectivity index (χ4n) is 4.27. The summed E-state index contributed by atoms with van der Waals surface area (Å²) in [5.41, 5.74) is 0.665. The highest BCUT2D eigenvalue weighted by atomic mass is 19.2. The molecule has 10 heteroatoms. The van der Waals surface area contributed by atoms with Crippen LogP contribution >= 0.6 is 0 Å². The largest absolute Gasteiger partial charge is 0.350 e. The van der Waals surface area contributed by atoms with Gasteiger partial charge in [-0.1, -0.05) is 0 Å². The highest BCUT2D eigenvalue weighted by Crippen LogP contribution is 2.33. The second kappa shape index (κ2) is 7.20. The summed E-state index contributed by atoms with van der Waals surface area (Å²) in [4.78, 5) is 32.4. The van der Waals surface area contributed by atoms with Gasteiger partial charge in [0.15, 0.2) is 23.3 Å². The molecule has 4 aromatic rings. The monoisotopic (exact) mass is 444 g/mol. The Kier molecular flexibility index (Phi) is 4.55. The smallest absolute Gasteiger partial charge is 0.270 e. The summed E-state index contributed by atoms with van der Waals surface area (Å²) in [7, 11) is 1.50. The number of likely N-dealkylation sites (N-methyl/N-ethyl adjacent to an activating group) is 1. The number of pyridine rings is 1. The molecule has 0 unspecified atom stereocenters. The van der Waals surface area contributed by atoms with Crippen molar-refractivity contribution in [2.75, 3.05) is 13.6 Å². The highest BCUT2D eigenvalue weighted by Gasteiger charge is 2.31. The van der Waals surface area contributed by atoms with E-state index in [9.17, 15) is 27.2 Å². The van der Waals surface area contributed by atoms with Crippen LogP contribution in [-0.2, 0) is 6.54 Å². The fourth-order valence-corrected chi connectivity index (χ4v) is 4.27. The summed E-state index contributed by atoms with van der Waals surface area (Å²) >= 11 is 0. The second-order valence-corrected chi connectivity index (χ2v) is 7.73. The standard InChI is InChI=1S/C22H16F4N4O2/c1-30(22(32)16-6-11-15(28-16)3-2-12(23)20(11)26)18-8-27-7-17-19(18)9-4-13(24)14(25)5-10(9)21(31)29-17/h2-6,18,27-28H,7-8H2,1H3,(H,29,31)/t18-/m0/s1. The lowest BCUT2D eigenvalue weighted by Gasteiger charge is -2.34. The summed E-state index contributed by atoms with van der Waals surface area (Å²) in [5.74, 6) is -4.87. The van der Waals surface area contributed by atoms with Gasteiger partial charge in [-0.3, -0.25) is 9.59 Å². The number of aromatic nitrogens is 2. The molecule has 5 rings (SSSR count). The van der Waals surface area contributed by atoms with E-state index in [0.717, 1.165) is 18.2 Å². The summed E-state index contributed by atoms with van der Waals surface area (Å²) in [5, 5.41) is 3.21. The van der Waals surface area contributed by atoms with Crippen LogP contribution in [0, 0.1) is 23.3 Å². The first kappa shape index (κ1) is 20.3. The van der Waals surface area contributed by atoms with Gasteiger partial charge in [0, 0.05) is 42.3 Å². The predicted octanol–water partition coefficient (Wildman–Crippen LogP) is 3.48. The second-order valence-electron chi connectivity index (χ2n) is 7.73. The Labute approximate surface area is 177 Å². The quantitative estimate of drug-likeness (QED) is 0.414. The molecule has 32 heavy (non-hydrogen) atoms. The zero-order chi connectivity index (χ0) is 22.7. The first-order valence-corrected chi connectivity index (χ1v) is 9.74. The highest BCUT2D eigenvalue weighted by molar-refractivity contribution is 5.98. The van der Waals surface area contributed by atoms with E-state index in [1.807, 2.05) is 0 Å². The third kappa shape index (κ3) is 2.98. The summed E-state index contributed by atoms with van der Waals surface area (Å²) < 4.78 is 55.4. The number of fused-ring (bicyclic) bond motifs is 4. The van der Waals surface area contributed by atoms with Crippen molar-refractivity contribution in [3.63, 3.8) is 0 Å². The summed E-state index contributed by atoms with van der Waals surface area (Å²) in [6, 6.07) is 4.66. The third-order valence-corrected chi connectivity index (χ3v) is 5.87. The molecule has 1 amide bonds. The molecule has 1 aliphatic heterocycles. The fraction of sp³-hybridized carbons (Fsp3) is 0.182. The van der Waals surface area contributed by atoms with Crippen LogP contribution < -0.4 is 10.9 Å². The van der Waals surface area contributed by atoms with E-state index in [1.165, 1.54) is 24.1 Å². The molecule has 164 valence electrons. The molecular formula is C22H16F4N4O2. The third-order valence-electron chi connectivity index (χ3n) is 5.87. The Bertz CT molecular complexity index is 1480. The number of benzene rings is 2. The minimum Gasteiger partial charge on any atom is -0.350 e. The van der Waals surface area contributed by atoms with E-state index in [4.69, 9.17) is 0 Å². The number of aromatic amines is 2. The van der Waals surface area contributed by atoms with Gasteiger partial charge in [0.05, 0.1) is 11.4 Å². The number of carbonyl (C=O) groups excluding carboxylic acids is 1. The Morgan fingerprint density at radius 3 is 2.44 bits per heavy atom. The molecule has 0 aliphatic carbocycles. The van der Waals surface area contributed by atoms with Gasteiger partial charge in [-0.2, -0.15) is 0 Å². The average molecular weight is 444 g/mol. The van der Waals surface area contributed by atoms with Gasteiger partial charge in [-0.05, 0) is 35.7 Å². The lowest BCUT2D eigenvalue weighted by atomic mass is 9.93. The minimum atomic E-state index is -1.15. The van der Waals surface area contributed by atoms with Crippen LogP contribution in [0.25, 0.3) is 21.7 Å². The Balaban J connectivity index is 1.62. The molecule has 0 spiro atoms. The molecule has 1 atom stereocenters. The molecule has 0 fully saturated rings. The van der Waals surface area contributed by atoms with E-state index in [1.54, 1.807) is 0 Å². The number of amides is 1. The number of hydrogen-bond donors (Lipinski definition) is 3. The molecule has 6 nitrogen and oxygen atoms in total. The van der Waals surface area contributed by atoms with E-state index in [0.29, 0.717) is 11.3 Å². The molecular weight excluding hydrogens is 428 g/mol. The number of nitrogens with zero attached hydrogens (tertiary/aromatic N) is 1. The zero-order valence-electron chi connectivity index (χ0n) is 16.7. The zero-order valence-corrected chi connectivity index (χ0v) is 16.7. The Hall–Kier alpha value is -3.66. The Morgan fingerprint density at radius 2 is 1.69 bits per heavy atom. The van der Waals surface area contributed by atoms with Gasteiger partial charge in [0.2, 0.25) is 0 Å². The van der Waals surface area contributed by atoms with E-state index in [-0.39, 0.29) is 40.5 Å². The van der Waals surface area contributed by atoms with Crippen molar-refractivity contribution >= 4 is 27.6 Å². The van der Waals surface area contributed by atoms with Crippen molar-refractivity contribution in [2.24, 2.45) is 0 Å². The number of hydrogen-bond acceptors (Lipinski definition) is 3. The maximum absolute atomic E-state index is 14.1. The topological polar surface area (TPSA) is 81.0 Å². The van der Waals surface area contributed by atoms with Crippen LogP contribution in [0.1, 0.15) is 27.8 Å². The molecule has 3 heterocycles. The number of carbonyl (C=O) groups is 1. The van der Waals surface area contributed by atoms with Crippen LogP contribution in [-0.4, -0.2) is 34.4 Å². The number of halogens is 4. The molecule has 3 N–H and O–H groups in total. The molecule has 0 bridgehead atoms. The van der Waals surface area contributed by atoms with E-state index in [2.05, 4.69) is 15.3 Å². The van der Waals surface area contributed by atoms with Crippen molar-refractivity contribution in [3.05, 3.63) is 80.9 Å². The summed E-state index contributed by atoms with van der Waals surface area (Å²) in [6.45, 7) is 0.549. The first-order valence-electron chi connectivity index (χ1n) is 9.74. The number of H-pyrrole nitrogens is 2. The molecule has 1 aliphatic rings. The predicted molar refractivity (Wildman–Crippen MR) is 109 cm³/mol. The van der Waals surface area contributed by atoms with Crippen LogP contribution in [0.5, 0.6) is 0 Å². The SMILES string of the molecule is CN(C(=O)c1cc2c(F)c(F)ccc2[nH]1)[C@H]1CNCc2[nH]c(=O)c3cc(F)c(F)cc3c21. The summed E-state index contributed by atoms with van der Waals surface area (Å²) in [6.07, 6.45) is 0. The van der Waals surface area contributed by atoms with Crippen molar-refractivity contribution < 1.29 is 22.4 Å². The van der Waals surface area contributed by atoms with Gasteiger partial charge in [0.1, 0.15) is 5.69 Å². The van der Waals surface area contributed by atoms with Crippen LogP contribution in [0.15, 0.2) is 35.1 Å². The van der Waals surface area contributed by atoms with Gasteiger partial charge in [-0.15, -0.1) is 0 Å². The van der Waals surface area contributed by atoms with Gasteiger partial charge in [-0.25, -0.2) is 17.6 Å². The Morgan fingerprint density at radius 1 is 0.969 bits per heavy atom. The maximum Gasteiger partial charge on any atom is 0.270 e. The van der Waals surface area contributed by atoms with Gasteiger partial charge < -0.3 is 20.2 Å². The van der Waals surface area contributed by atoms with Crippen molar-refractivity contribution in [1.29, 1.82) is 0 Å². The molecule has 0 saturated heterocycles. The van der Waals surface area contributed by atoms with Gasteiger partial charge in [0.25, 0.3) is 11.5 Å². The number of nitrogens with one attached hydrogen (secondary N) is 3. The van der Waals surface area contributed by atoms with E-state index >= 15 is 0 Å². The average Bonchev–Trinajstić information content (AvgIpc) is 3.21. The lowest BCUT2D eigenvalue weighted by Crippen LogP contribution is -2.42. The van der Waals surface area contributed by atoms with Crippen molar-refractivity contribution in [2.45, 2.75) is 12.6 Å². The molecule has 2 aromatic heterocycles. The van der Waals surface area contributed by atoms with Crippen LogP contribution in [0.2, 0.25) is 0 Å². The van der Waals surface area contributed by atoms with Crippen LogP contribution in [0.4, 0.5) is 17.6 Å². The minimum absolute atomic E-state index is 0.0291. The normalized spacial score (nSPS) is 15.8. The number of rotatable bonds is 2. The molecule has 2 aromatic carbocycles. The van der Waals surface area contributed by atoms with Crippen molar-refractivity contribution in [1.82, 2.24) is 20.2 Å². The van der Waals surface area contributed by atoms with Gasteiger partial charge >= 0.3 is 0 Å². The van der Waals surface area contributed by atoms with E-state index < -0.39 is 40.8 Å². The molecule has 0 radical (unpaired) electrons. The van der Waals surface area contributed by atoms with Crippen LogP contribution in [0.3, 0.4) is 0 Å². The van der Waals surface area contributed by atoms with Crippen molar-refractivity contribution in [3.8, 4) is 0 Å².